The third kappa shape index (κ3) is 1.84. The molecule has 1 heterocycles. The van der Waals surface area contributed by atoms with Crippen molar-refractivity contribution in [3.05, 3.63) is 99.7 Å². The summed E-state index contributed by atoms with van der Waals surface area (Å²) in [5, 5.41) is 10.9. The molecule has 0 bridgehead atoms. The van der Waals surface area contributed by atoms with Gasteiger partial charge in [-0.15, -0.1) is 0 Å². The summed E-state index contributed by atoms with van der Waals surface area (Å²) < 4.78 is 2.47. The molecule has 1 nitrogen and oxygen atoms in total. The first-order chi connectivity index (χ1) is 14.7. The number of aryl methyl sites for hydroxylation is 2. The molecule has 0 atom stereocenters. The Balaban J connectivity index is 1.96. The van der Waals surface area contributed by atoms with Gasteiger partial charge in [-0.3, -0.25) is 0 Å². The van der Waals surface area contributed by atoms with Gasteiger partial charge in [-0.25, -0.2) is 0 Å². The van der Waals surface area contributed by atoms with Crippen LogP contribution >= 0.6 is 0 Å². The van der Waals surface area contributed by atoms with Crippen molar-refractivity contribution >= 4 is 38.5 Å². The van der Waals surface area contributed by atoms with Gasteiger partial charge in [-0.1, -0.05) is 72.8 Å². The minimum absolute atomic E-state index is 0.977. The highest BCUT2D eigenvalue weighted by Crippen LogP contribution is 2.49. The molecule has 0 aromatic heterocycles. The number of fused-ring (bicyclic) bond motifs is 8. The van der Waals surface area contributed by atoms with Gasteiger partial charge in [0.15, 0.2) is 0 Å². The predicted octanol–water partition coefficient (Wildman–Crippen LogP) is 6.24. The van der Waals surface area contributed by atoms with Crippen molar-refractivity contribution in [2.45, 2.75) is 13.3 Å². The Morgan fingerprint density at radius 1 is 0.767 bits per heavy atom. The summed E-state index contributed by atoms with van der Waals surface area (Å²) in [6.45, 7) is 2.25. The maximum Gasteiger partial charge on any atom is 0.0574 e. The molecule has 0 N–H and O–H groups in total. The van der Waals surface area contributed by atoms with Crippen LogP contribution in [0.15, 0.2) is 72.8 Å². The topological polar surface area (TPSA) is 4.93 Å². The van der Waals surface area contributed by atoms with E-state index in [-0.39, 0.29) is 0 Å². The lowest BCUT2D eigenvalue weighted by atomic mass is 9.90. The molecule has 0 saturated heterocycles. The number of pyridine rings is 1. The van der Waals surface area contributed by atoms with Gasteiger partial charge in [-0.2, -0.15) is 0 Å². The van der Waals surface area contributed by atoms with E-state index in [0.717, 1.165) is 6.42 Å². The molecule has 0 radical (unpaired) electrons. The van der Waals surface area contributed by atoms with Gasteiger partial charge >= 0.3 is 0 Å². The molecule has 4 aromatic rings. The number of hydrogen-bond donors (Lipinski definition) is 0. The van der Waals surface area contributed by atoms with E-state index >= 15 is 0 Å². The standard InChI is InChI=1S/C29H21N/c1-17-8-7-13-22-25(17)24-16-19-10-4-6-12-21(19)29-27(24)26(22)23-15-14-18-9-3-5-11-20(18)28(23)30(29)2/h3-14,16H,15H2,1-2H3. The average molecular weight is 383 g/mol. The first-order valence-corrected chi connectivity index (χ1v) is 10.7. The third-order valence-corrected chi connectivity index (χ3v) is 7.08. The highest BCUT2D eigenvalue weighted by molar-refractivity contribution is 6.27. The van der Waals surface area contributed by atoms with Crippen molar-refractivity contribution in [3.63, 3.8) is 0 Å². The van der Waals surface area contributed by atoms with Crippen LogP contribution in [-0.2, 0) is 13.5 Å². The van der Waals surface area contributed by atoms with Crippen LogP contribution in [0.25, 0.3) is 49.7 Å². The van der Waals surface area contributed by atoms with E-state index in [2.05, 4.69) is 97.4 Å². The van der Waals surface area contributed by atoms with E-state index in [9.17, 15) is 0 Å². The molecule has 30 heavy (non-hydrogen) atoms. The molecule has 2 aliphatic carbocycles. The van der Waals surface area contributed by atoms with Gasteiger partial charge in [0.2, 0.25) is 0 Å². The zero-order chi connectivity index (χ0) is 20.0. The van der Waals surface area contributed by atoms with Gasteiger partial charge in [0.05, 0.1) is 10.9 Å². The van der Waals surface area contributed by atoms with Crippen molar-refractivity contribution in [2.75, 3.05) is 0 Å². The SMILES string of the molecule is Cc1cccc2c3c4c(n(C)c5c-3c(cc3ccccc35)c12)=c1ccccc1=CC4. The van der Waals surface area contributed by atoms with Gasteiger partial charge in [0.25, 0.3) is 0 Å². The molecule has 0 saturated carbocycles. The van der Waals surface area contributed by atoms with E-state index in [1.165, 1.54) is 70.5 Å². The largest absolute Gasteiger partial charge is 0.343 e. The quantitative estimate of drug-likeness (QED) is 0.274. The second-order valence-electron chi connectivity index (χ2n) is 8.62. The molecule has 142 valence electrons. The molecular formula is C29H21N. The molecule has 0 amide bonds. The summed E-state index contributed by atoms with van der Waals surface area (Å²) in [5.41, 5.74) is 7.04. The van der Waals surface area contributed by atoms with Crippen molar-refractivity contribution in [1.29, 1.82) is 0 Å². The highest BCUT2D eigenvalue weighted by Gasteiger charge is 2.26. The fourth-order valence-electron chi connectivity index (χ4n) is 5.89. The summed E-state index contributed by atoms with van der Waals surface area (Å²) in [5.74, 6) is 0. The molecule has 1 heteroatoms. The van der Waals surface area contributed by atoms with Crippen molar-refractivity contribution in [2.24, 2.45) is 7.05 Å². The smallest absolute Gasteiger partial charge is 0.0574 e. The second kappa shape index (κ2) is 5.52. The first kappa shape index (κ1) is 16.2. The van der Waals surface area contributed by atoms with Crippen LogP contribution in [0.4, 0.5) is 0 Å². The Bertz CT molecular complexity index is 1780. The van der Waals surface area contributed by atoms with Gasteiger partial charge in [-0.05, 0) is 62.9 Å². The molecule has 0 spiro atoms. The van der Waals surface area contributed by atoms with E-state index in [1.54, 1.807) is 0 Å². The van der Waals surface area contributed by atoms with Gasteiger partial charge < -0.3 is 4.57 Å². The average Bonchev–Trinajstić information content (AvgIpc) is 3.11. The maximum atomic E-state index is 2.47. The van der Waals surface area contributed by atoms with Gasteiger partial charge in [0, 0.05) is 23.2 Å². The minimum Gasteiger partial charge on any atom is -0.343 e. The number of benzene rings is 4. The summed E-state index contributed by atoms with van der Waals surface area (Å²) in [4.78, 5) is 0. The maximum absolute atomic E-state index is 2.47. The number of rotatable bonds is 0. The van der Waals surface area contributed by atoms with Crippen LogP contribution in [0.1, 0.15) is 11.1 Å². The molecule has 7 rings (SSSR count). The molecule has 0 fully saturated rings. The Labute approximate surface area is 174 Å². The Kier molecular flexibility index (Phi) is 2.99. The lowest BCUT2D eigenvalue weighted by Crippen LogP contribution is -2.15. The summed E-state index contributed by atoms with van der Waals surface area (Å²) in [6.07, 6.45) is 3.37. The van der Waals surface area contributed by atoms with Crippen LogP contribution in [0.5, 0.6) is 0 Å². The zero-order valence-corrected chi connectivity index (χ0v) is 17.2. The van der Waals surface area contributed by atoms with E-state index in [0.29, 0.717) is 0 Å². The highest BCUT2D eigenvalue weighted by atomic mass is 14.9. The van der Waals surface area contributed by atoms with E-state index in [4.69, 9.17) is 0 Å². The van der Waals surface area contributed by atoms with Crippen LogP contribution in [-0.4, -0.2) is 4.57 Å². The number of aromatic nitrogens is 1. The van der Waals surface area contributed by atoms with Crippen molar-refractivity contribution in [1.82, 2.24) is 4.57 Å². The lowest BCUT2D eigenvalue weighted by Gasteiger charge is -2.21. The Hall–Kier alpha value is -3.58. The second-order valence-corrected chi connectivity index (χ2v) is 8.62. The van der Waals surface area contributed by atoms with Crippen molar-refractivity contribution < 1.29 is 0 Å². The third-order valence-electron chi connectivity index (χ3n) is 7.08. The zero-order valence-electron chi connectivity index (χ0n) is 17.2. The minimum atomic E-state index is 0.977. The summed E-state index contributed by atoms with van der Waals surface area (Å²) in [7, 11) is 2.26. The fourth-order valence-corrected chi connectivity index (χ4v) is 5.89. The number of nitrogens with zero attached hydrogens (tertiary/aromatic N) is 1. The fraction of sp³-hybridized carbons (Fsp3) is 0.103. The van der Waals surface area contributed by atoms with Gasteiger partial charge in [0.1, 0.15) is 0 Å². The Morgan fingerprint density at radius 3 is 2.50 bits per heavy atom. The molecule has 1 aliphatic heterocycles. The van der Waals surface area contributed by atoms with Crippen molar-refractivity contribution in [3.8, 4) is 11.1 Å². The summed E-state index contributed by atoms with van der Waals surface area (Å²) in [6, 6.07) is 26.9. The molecule has 0 unspecified atom stereocenters. The van der Waals surface area contributed by atoms with Crippen LogP contribution in [0, 0.1) is 17.5 Å². The Morgan fingerprint density at radius 2 is 1.57 bits per heavy atom. The molecule has 3 aliphatic rings. The predicted molar refractivity (Wildman–Crippen MR) is 127 cm³/mol. The van der Waals surface area contributed by atoms with E-state index < -0.39 is 0 Å². The first-order valence-electron chi connectivity index (χ1n) is 10.7. The molecular weight excluding hydrogens is 362 g/mol. The normalized spacial score (nSPS) is 13.1. The van der Waals surface area contributed by atoms with Crippen LogP contribution in [0.2, 0.25) is 0 Å². The van der Waals surface area contributed by atoms with Crippen LogP contribution in [0.3, 0.4) is 0 Å². The summed E-state index contributed by atoms with van der Waals surface area (Å²) >= 11 is 0. The van der Waals surface area contributed by atoms with E-state index in [1.807, 2.05) is 0 Å². The van der Waals surface area contributed by atoms with Crippen LogP contribution < -0.4 is 5.22 Å². The lowest BCUT2D eigenvalue weighted by molar-refractivity contribution is 0.888. The number of hydrogen-bond acceptors (Lipinski definition) is 0. The monoisotopic (exact) mass is 383 g/mol. The molecule has 4 aromatic carbocycles.